The molecule has 0 amide bonds. The van der Waals surface area contributed by atoms with Crippen molar-refractivity contribution < 1.29 is 9.59 Å². The second-order valence-electron chi connectivity index (χ2n) is 2.86. The first-order valence-electron chi connectivity index (χ1n) is 4.22. The third-order valence-corrected chi connectivity index (χ3v) is 3.27. The summed E-state index contributed by atoms with van der Waals surface area (Å²) >= 11 is 10.1. The molecule has 0 aliphatic rings. The summed E-state index contributed by atoms with van der Waals surface area (Å²) < 4.78 is 0.745. The van der Waals surface area contributed by atoms with Crippen molar-refractivity contribution in [2.75, 3.05) is 11.5 Å². The van der Waals surface area contributed by atoms with Crippen LogP contribution in [0, 0.1) is 0 Å². The molecule has 0 aliphatic heterocycles. The van der Waals surface area contributed by atoms with Crippen LogP contribution in [0.4, 0.5) is 0 Å². The van der Waals surface area contributed by atoms with Crippen molar-refractivity contribution in [2.24, 2.45) is 0 Å². The summed E-state index contributed by atoms with van der Waals surface area (Å²) in [6, 6.07) is 5.18. The summed E-state index contributed by atoms with van der Waals surface area (Å²) in [5.74, 6) is -0.0821. The number of Topliss-reactive ketones (excluding diaryl/α,β-unsaturated/α-hetero) is 2. The Kier molecular flexibility index (Phi) is 4.97. The fraction of sp³-hybridized carbons (Fsp3) is 0.200. The van der Waals surface area contributed by atoms with Gasteiger partial charge >= 0.3 is 108 Å². The van der Waals surface area contributed by atoms with E-state index in [4.69, 9.17) is 0 Å². The maximum atomic E-state index is 11.6. The van der Waals surface area contributed by atoms with Crippen molar-refractivity contribution in [1.29, 1.82) is 0 Å². The van der Waals surface area contributed by atoms with Gasteiger partial charge in [-0.05, 0) is 0 Å². The molecule has 2 radical (unpaired) electrons. The Bertz CT molecular complexity index is 404. The molecule has 1 aromatic carbocycles. The first kappa shape index (κ1) is 12.9. The second kappa shape index (κ2) is 5.78. The minimum atomic E-state index is -0.142. The molecule has 5 heteroatoms. The van der Waals surface area contributed by atoms with E-state index in [0.29, 0.717) is 11.1 Å². The Balaban J connectivity index is 3.32. The van der Waals surface area contributed by atoms with E-state index in [1.165, 1.54) is 0 Å². The van der Waals surface area contributed by atoms with Gasteiger partial charge in [0.2, 0.25) is 0 Å². The summed E-state index contributed by atoms with van der Waals surface area (Å²) in [7, 11) is 0. The average Bonchev–Trinajstić information content (AvgIpc) is 2.26. The van der Waals surface area contributed by atoms with Crippen LogP contribution in [0.1, 0.15) is 20.7 Å². The van der Waals surface area contributed by atoms with Gasteiger partial charge in [-0.2, -0.15) is 0 Å². The van der Waals surface area contributed by atoms with Crippen LogP contribution in [0.3, 0.4) is 0 Å². The Morgan fingerprint density at radius 1 is 1.13 bits per heavy atom. The molecule has 0 atom stereocenters. The molecular formula is C10H9AsO2S2. The average molecular weight is 300 g/mol. The molecule has 15 heavy (non-hydrogen) atoms. The van der Waals surface area contributed by atoms with E-state index in [2.05, 4.69) is 42.1 Å². The number of rotatable bonds is 4. The second-order valence-corrected chi connectivity index (χ2v) is 4.51. The van der Waals surface area contributed by atoms with E-state index >= 15 is 0 Å². The van der Waals surface area contributed by atoms with Crippen LogP contribution in [0.15, 0.2) is 18.2 Å². The van der Waals surface area contributed by atoms with Gasteiger partial charge in [0.25, 0.3) is 0 Å². The van der Waals surface area contributed by atoms with Crippen LogP contribution < -0.4 is 4.35 Å². The number of thiol groups is 2. The first-order chi connectivity index (χ1) is 7.11. The Morgan fingerprint density at radius 3 is 2.27 bits per heavy atom. The van der Waals surface area contributed by atoms with Gasteiger partial charge in [0.05, 0.1) is 0 Å². The first-order valence-corrected chi connectivity index (χ1v) is 6.42. The standard InChI is InChI=1S/C10H9AsO2S2/c11-7-3-1-2-6(8(12)4-14)10(7)9(13)5-15/h1-3,14-15H,4-5H2. The molecule has 2 nitrogen and oxygen atoms in total. The van der Waals surface area contributed by atoms with Crippen LogP contribution >= 0.6 is 25.3 Å². The molecule has 0 heterocycles. The summed E-state index contributed by atoms with van der Waals surface area (Å²) in [4.78, 5) is 23.2. The quantitative estimate of drug-likeness (QED) is 0.488. The minimum absolute atomic E-state index is 0.0988. The normalized spacial score (nSPS) is 10.1. The molecule has 0 aromatic heterocycles. The number of hydrogen-bond donors (Lipinski definition) is 2. The van der Waals surface area contributed by atoms with Crippen molar-refractivity contribution in [1.82, 2.24) is 0 Å². The van der Waals surface area contributed by atoms with E-state index in [1.807, 2.05) is 0 Å². The number of carbonyl (C=O) groups excluding carboxylic acids is 2. The summed E-state index contributed by atoms with van der Waals surface area (Å²) in [5, 5.41) is 0. The number of ketones is 2. The van der Waals surface area contributed by atoms with Gasteiger partial charge in [0, 0.05) is 0 Å². The van der Waals surface area contributed by atoms with Crippen LogP contribution in [0.5, 0.6) is 0 Å². The SMILES string of the molecule is O=C(CS)c1cccc([As])c1C(=O)CS. The third-order valence-electron chi connectivity index (χ3n) is 1.91. The number of benzene rings is 1. The zero-order valence-corrected chi connectivity index (χ0v) is 11.5. The summed E-state index contributed by atoms with van der Waals surface area (Å²) in [6.45, 7) is 0. The van der Waals surface area contributed by atoms with E-state index in [0.717, 1.165) is 4.35 Å². The Hall–Kier alpha value is -0.182. The third kappa shape index (κ3) is 2.90. The van der Waals surface area contributed by atoms with Crippen molar-refractivity contribution in [3.05, 3.63) is 29.3 Å². The summed E-state index contributed by atoms with van der Waals surface area (Å²) in [6.07, 6.45) is 0. The topological polar surface area (TPSA) is 34.1 Å². The van der Waals surface area contributed by atoms with Crippen molar-refractivity contribution >= 4 is 58.0 Å². The van der Waals surface area contributed by atoms with E-state index in [1.54, 1.807) is 18.2 Å². The molecule has 1 aromatic rings. The molecular weight excluding hydrogens is 291 g/mol. The van der Waals surface area contributed by atoms with Gasteiger partial charge in [-0.15, -0.1) is 0 Å². The zero-order valence-electron chi connectivity index (χ0n) is 7.80. The number of hydrogen-bond acceptors (Lipinski definition) is 4. The van der Waals surface area contributed by atoms with Crippen molar-refractivity contribution in [3.63, 3.8) is 0 Å². The van der Waals surface area contributed by atoms with Gasteiger partial charge in [-0.1, -0.05) is 0 Å². The van der Waals surface area contributed by atoms with E-state index in [-0.39, 0.29) is 23.1 Å². The molecule has 78 valence electrons. The van der Waals surface area contributed by atoms with Crippen LogP contribution in [0.25, 0.3) is 0 Å². The molecule has 0 fully saturated rings. The summed E-state index contributed by atoms with van der Waals surface area (Å²) in [5.41, 5.74) is 0.883. The van der Waals surface area contributed by atoms with E-state index < -0.39 is 0 Å². The Labute approximate surface area is 108 Å². The van der Waals surface area contributed by atoms with Gasteiger partial charge < -0.3 is 0 Å². The molecule has 0 saturated heterocycles. The van der Waals surface area contributed by atoms with Crippen molar-refractivity contribution in [2.45, 2.75) is 0 Å². The molecule has 0 aliphatic carbocycles. The molecule has 0 unspecified atom stereocenters. The van der Waals surface area contributed by atoms with Gasteiger partial charge in [-0.25, -0.2) is 0 Å². The van der Waals surface area contributed by atoms with Gasteiger partial charge in [0.1, 0.15) is 0 Å². The molecule has 0 N–H and O–H groups in total. The monoisotopic (exact) mass is 300 g/mol. The van der Waals surface area contributed by atoms with Crippen LogP contribution in [0.2, 0.25) is 0 Å². The van der Waals surface area contributed by atoms with Crippen molar-refractivity contribution in [3.8, 4) is 0 Å². The fourth-order valence-corrected chi connectivity index (χ4v) is 2.25. The van der Waals surface area contributed by atoms with Crippen LogP contribution in [-0.2, 0) is 0 Å². The fourth-order valence-electron chi connectivity index (χ4n) is 1.23. The Morgan fingerprint density at radius 2 is 1.73 bits per heavy atom. The molecule has 0 spiro atoms. The molecule has 0 saturated carbocycles. The predicted octanol–water partition coefficient (Wildman–Crippen LogP) is 0.705. The number of carbonyl (C=O) groups is 2. The molecule has 0 bridgehead atoms. The maximum absolute atomic E-state index is 11.6. The predicted molar refractivity (Wildman–Crippen MR) is 68.2 cm³/mol. The van der Waals surface area contributed by atoms with Gasteiger partial charge in [0.15, 0.2) is 0 Å². The van der Waals surface area contributed by atoms with Crippen LogP contribution in [-0.4, -0.2) is 39.9 Å². The zero-order chi connectivity index (χ0) is 11.4. The molecule has 1 rings (SSSR count). The van der Waals surface area contributed by atoms with E-state index in [9.17, 15) is 9.59 Å². The van der Waals surface area contributed by atoms with Gasteiger partial charge in [-0.3, -0.25) is 0 Å².